The molecule has 4 nitrogen and oxygen atoms in total. The zero-order valence-corrected chi connectivity index (χ0v) is 22.3. The summed E-state index contributed by atoms with van der Waals surface area (Å²) in [5.41, 5.74) is 0. The second kappa shape index (κ2) is 23.3. The molecule has 5 heteroatoms. The van der Waals surface area contributed by atoms with Crippen molar-refractivity contribution in [3.05, 3.63) is 0 Å². The first-order valence-electron chi connectivity index (χ1n) is 13.8. The van der Waals surface area contributed by atoms with Crippen LogP contribution >= 0.6 is 7.75 Å². The minimum atomic E-state index is -3.62. The SMILES string of the molecule is CCCCCCCCCCCCN(CCCCCCCCCCCC)P(=O)(O)OCC. The van der Waals surface area contributed by atoms with Gasteiger partial charge in [0.2, 0.25) is 0 Å². The molecule has 0 spiro atoms. The van der Waals surface area contributed by atoms with Gasteiger partial charge in [0.1, 0.15) is 0 Å². The Balaban J connectivity index is 3.88. The summed E-state index contributed by atoms with van der Waals surface area (Å²) in [6.45, 7) is 7.97. The summed E-state index contributed by atoms with van der Waals surface area (Å²) < 4.78 is 19.5. The summed E-state index contributed by atoms with van der Waals surface area (Å²) in [6.07, 6.45) is 25.6. The Hall–Kier alpha value is 0.110. The van der Waals surface area contributed by atoms with Gasteiger partial charge < -0.3 is 4.89 Å². The molecule has 31 heavy (non-hydrogen) atoms. The summed E-state index contributed by atoms with van der Waals surface area (Å²) in [7, 11) is -3.62. The van der Waals surface area contributed by atoms with Crippen molar-refractivity contribution >= 4 is 7.75 Å². The van der Waals surface area contributed by atoms with Crippen LogP contribution in [0.15, 0.2) is 0 Å². The van der Waals surface area contributed by atoms with E-state index in [9.17, 15) is 9.46 Å². The van der Waals surface area contributed by atoms with Gasteiger partial charge in [-0.2, -0.15) is 0 Å². The van der Waals surface area contributed by atoms with Crippen molar-refractivity contribution in [2.24, 2.45) is 0 Å². The molecule has 0 aliphatic carbocycles. The molecule has 1 unspecified atom stereocenters. The van der Waals surface area contributed by atoms with E-state index in [1.807, 2.05) is 0 Å². The summed E-state index contributed by atoms with van der Waals surface area (Å²) >= 11 is 0. The molecule has 0 saturated carbocycles. The lowest BCUT2D eigenvalue weighted by Gasteiger charge is -2.26. The molecule has 0 rings (SSSR count). The third kappa shape index (κ3) is 20.4. The average Bonchev–Trinajstić information content (AvgIpc) is 2.74. The van der Waals surface area contributed by atoms with E-state index >= 15 is 0 Å². The standard InChI is InChI=1S/C26H56NO3P/c1-4-7-9-11-13-15-17-19-21-23-25-27(31(28,29)30-6-3)26-24-22-20-18-16-14-12-10-8-5-2/h4-26H2,1-3H3,(H,28,29). The fourth-order valence-electron chi connectivity index (χ4n) is 4.18. The van der Waals surface area contributed by atoms with Gasteiger partial charge in [-0.25, -0.2) is 9.24 Å². The monoisotopic (exact) mass is 461 g/mol. The van der Waals surface area contributed by atoms with Gasteiger partial charge in [-0.3, -0.25) is 4.52 Å². The number of hydrogen-bond donors (Lipinski definition) is 1. The summed E-state index contributed by atoms with van der Waals surface area (Å²) in [5, 5.41) is 0. The molecule has 0 radical (unpaired) electrons. The van der Waals surface area contributed by atoms with Crippen molar-refractivity contribution in [1.29, 1.82) is 0 Å². The van der Waals surface area contributed by atoms with E-state index in [1.54, 1.807) is 11.6 Å². The van der Waals surface area contributed by atoms with Crippen molar-refractivity contribution in [1.82, 2.24) is 4.67 Å². The van der Waals surface area contributed by atoms with Crippen LogP contribution in [0.25, 0.3) is 0 Å². The highest BCUT2D eigenvalue weighted by Crippen LogP contribution is 2.46. The highest BCUT2D eigenvalue weighted by atomic mass is 31.2. The molecule has 0 amide bonds. The highest BCUT2D eigenvalue weighted by molar-refractivity contribution is 7.50. The molecule has 188 valence electrons. The lowest BCUT2D eigenvalue weighted by molar-refractivity contribution is 0.206. The normalized spacial score (nSPS) is 13.7. The smallest absolute Gasteiger partial charge is 0.312 e. The van der Waals surface area contributed by atoms with E-state index in [1.165, 1.54) is 103 Å². The van der Waals surface area contributed by atoms with Crippen LogP contribution in [0.1, 0.15) is 149 Å². The van der Waals surface area contributed by atoms with Gasteiger partial charge in [-0.1, -0.05) is 129 Å². The molecule has 1 N–H and O–H groups in total. The number of hydrogen-bond acceptors (Lipinski definition) is 2. The van der Waals surface area contributed by atoms with Gasteiger partial charge in [-0.15, -0.1) is 0 Å². The molecule has 0 aliphatic rings. The molecule has 0 aromatic heterocycles. The van der Waals surface area contributed by atoms with E-state index < -0.39 is 7.75 Å². The van der Waals surface area contributed by atoms with Gasteiger partial charge in [0.05, 0.1) is 6.61 Å². The van der Waals surface area contributed by atoms with Crippen LogP contribution in [-0.2, 0) is 9.09 Å². The van der Waals surface area contributed by atoms with Crippen LogP contribution in [-0.4, -0.2) is 29.3 Å². The highest BCUT2D eigenvalue weighted by Gasteiger charge is 2.28. The topological polar surface area (TPSA) is 49.8 Å². The van der Waals surface area contributed by atoms with Crippen LogP contribution in [0, 0.1) is 0 Å². The Bertz CT molecular complexity index is 382. The Kier molecular flexibility index (Phi) is 23.4. The molecule has 0 bridgehead atoms. The second-order valence-corrected chi connectivity index (χ2v) is 11.0. The zero-order chi connectivity index (χ0) is 23.0. The van der Waals surface area contributed by atoms with E-state index in [4.69, 9.17) is 4.52 Å². The maximum atomic E-state index is 12.6. The minimum Gasteiger partial charge on any atom is -0.312 e. The largest absolute Gasteiger partial charge is 0.405 e. The lowest BCUT2D eigenvalue weighted by Crippen LogP contribution is -2.24. The molecule has 0 aromatic carbocycles. The number of rotatable bonds is 25. The molecular weight excluding hydrogens is 405 g/mol. The van der Waals surface area contributed by atoms with Gasteiger partial charge in [0.15, 0.2) is 0 Å². The van der Waals surface area contributed by atoms with Crippen molar-refractivity contribution in [3.8, 4) is 0 Å². The van der Waals surface area contributed by atoms with Gasteiger partial charge in [0, 0.05) is 13.1 Å². The van der Waals surface area contributed by atoms with E-state index in [0.717, 1.165) is 25.7 Å². The molecule has 0 saturated heterocycles. The minimum absolute atomic E-state index is 0.292. The van der Waals surface area contributed by atoms with Crippen LogP contribution in [0.3, 0.4) is 0 Å². The zero-order valence-electron chi connectivity index (χ0n) is 21.4. The summed E-state index contributed by atoms with van der Waals surface area (Å²) in [4.78, 5) is 10.3. The Morgan fingerprint density at radius 3 is 1.13 bits per heavy atom. The summed E-state index contributed by atoms with van der Waals surface area (Å²) in [6, 6.07) is 0. The van der Waals surface area contributed by atoms with Crippen LogP contribution in [0.4, 0.5) is 0 Å². The number of nitrogens with zero attached hydrogens (tertiary/aromatic N) is 1. The van der Waals surface area contributed by atoms with Crippen LogP contribution in [0.2, 0.25) is 0 Å². The van der Waals surface area contributed by atoms with Crippen molar-refractivity contribution in [3.63, 3.8) is 0 Å². The first-order chi connectivity index (χ1) is 15.1. The van der Waals surface area contributed by atoms with E-state index in [2.05, 4.69) is 13.8 Å². The predicted molar refractivity (Wildman–Crippen MR) is 137 cm³/mol. The van der Waals surface area contributed by atoms with Crippen molar-refractivity contribution in [2.75, 3.05) is 19.7 Å². The molecular formula is C26H56NO3P. The maximum absolute atomic E-state index is 12.6. The molecule has 0 heterocycles. The number of unbranched alkanes of at least 4 members (excludes halogenated alkanes) is 18. The Labute approximate surface area is 195 Å². The van der Waals surface area contributed by atoms with E-state index in [0.29, 0.717) is 19.7 Å². The fourth-order valence-corrected chi connectivity index (χ4v) is 5.47. The first kappa shape index (κ1) is 31.1. The van der Waals surface area contributed by atoms with Gasteiger partial charge in [-0.05, 0) is 19.8 Å². The quantitative estimate of drug-likeness (QED) is 0.109. The predicted octanol–water partition coefficient (Wildman–Crippen LogP) is 9.27. The van der Waals surface area contributed by atoms with Gasteiger partial charge in [0.25, 0.3) is 0 Å². The second-order valence-electron chi connectivity index (χ2n) is 9.23. The molecule has 0 aromatic rings. The lowest BCUT2D eigenvalue weighted by atomic mass is 10.1. The molecule has 0 fully saturated rings. The van der Waals surface area contributed by atoms with Crippen molar-refractivity contribution in [2.45, 2.75) is 149 Å². The Morgan fingerprint density at radius 2 is 0.839 bits per heavy atom. The first-order valence-corrected chi connectivity index (χ1v) is 15.3. The third-order valence-corrected chi connectivity index (χ3v) is 7.90. The average molecular weight is 462 g/mol. The van der Waals surface area contributed by atoms with Crippen LogP contribution in [0.5, 0.6) is 0 Å². The van der Waals surface area contributed by atoms with Gasteiger partial charge >= 0.3 is 7.75 Å². The van der Waals surface area contributed by atoms with Crippen molar-refractivity contribution < 1.29 is 14.0 Å². The summed E-state index contributed by atoms with van der Waals surface area (Å²) in [5.74, 6) is 0. The Morgan fingerprint density at radius 1 is 0.548 bits per heavy atom. The fraction of sp³-hybridized carbons (Fsp3) is 1.00. The van der Waals surface area contributed by atoms with E-state index in [-0.39, 0.29) is 0 Å². The molecule has 1 atom stereocenters. The van der Waals surface area contributed by atoms with Crippen LogP contribution < -0.4 is 0 Å². The molecule has 0 aliphatic heterocycles. The maximum Gasteiger partial charge on any atom is 0.405 e. The third-order valence-electron chi connectivity index (χ3n) is 6.19.